The van der Waals surface area contributed by atoms with Gasteiger partial charge in [0.15, 0.2) is 0 Å². The fourth-order valence-corrected chi connectivity index (χ4v) is 1.87. The van der Waals surface area contributed by atoms with Crippen molar-refractivity contribution in [1.82, 2.24) is 0 Å². The molecule has 0 saturated heterocycles. The van der Waals surface area contributed by atoms with Gasteiger partial charge in [0, 0.05) is 11.6 Å². The summed E-state index contributed by atoms with van der Waals surface area (Å²) in [6, 6.07) is 6.64. The zero-order chi connectivity index (χ0) is 12.3. The average Bonchev–Trinajstić information content (AvgIpc) is 2.78. The lowest BCUT2D eigenvalue weighted by molar-refractivity contribution is 0.232. The van der Waals surface area contributed by atoms with Crippen molar-refractivity contribution in [1.29, 1.82) is 0 Å². The van der Waals surface area contributed by atoms with Crippen LogP contribution in [-0.2, 0) is 0 Å². The van der Waals surface area contributed by atoms with Gasteiger partial charge in [-0.05, 0) is 23.6 Å². The first kappa shape index (κ1) is 11.8. The number of halogens is 2. The fourth-order valence-electron chi connectivity index (χ4n) is 1.29. The Kier molecular flexibility index (Phi) is 3.52. The summed E-state index contributed by atoms with van der Waals surface area (Å²) in [5.41, 5.74) is -0.0181. The lowest BCUT2D eigenvalue weighted by atomic mass is 10.1. The molecule has 0 radical (unpaired) electrons. The number of rotatable bonds is 1. The van der Waals surface area contributed by atoms with Crippen molar-refractivity contribution >= 4 is 11.3 Å². The molecule has 0 amide bonds. The second-order valence-corrected chi connectivity index (χ2v) is 4.26. The van der Waals surface area contributed by atoms with Gasteiger partial charge in [-0.1, -0.05) is 17.9 Å². The van der Waals surface area contributed by atoms with E-state index in [0.717, 1.165) is 17.0 Å². The van der Waals surface area contributed by atoms with Crippen LogP contribution in [0.1, 0.15) is 16.5 Å². The molecule has 1 aromatic carbocycles. The van der Waals surface area contributed by atoms with Crippen LogP contribution in [0, 0.1) is 23.5 Å². The summed E-state index contributed by atoms with van der Waals surface area (Å²) >= 11 is 1.43. The lowest BCUT2D eigenvalue weighted by Crippen LogP contribution is -1.98. The first-order valence-electron chi connectivity index (χ1n) is 4.85. The summed E-state index contributed by atoms with van der Waals surface area (Å²) < 4.78 is 26.0. The van der Waals surface area contributed by atoms with Gasteiger partial charge < -0.3 is 5.11 Å². The van der Waals surface area contributed by atoms with Gasteiger partial charge in [0.2, 0.25) is 0 Å². The Morgan fingerprint density at radius 3 is 2.71 bits per heavy atom. The van der Waals surface area contributed by atoms with Crippen LogP contribution in [0.15, 0.2) is 35.7 Å². The predicted molar refractivity (Wildman–Crippen MR) is 62.5 cm³/mol. The Bertz CT molecular complexity index is 567. The summed E-state index contributed by atoms with van der Waals surface area (Å²) in [4.78, 5) is 0.784. The SMILES string of the molecule is OC(C#Cc1cccs1)c1ccc(F)cc1F. The number of benzene rings is 1. The molecule has 0 aliphatic rings. The van der Waals surface area contributed by atoms with Crippen molar-refractivity contribution in [2.45, 2.75) is 6.10 Å². The number of aliphatic hydroxyl groups is 1. The molecule has 0 aliphatic heterocycles. The van der Waals surface area contributed by atoms with Crippen LogP contribution < -0.4 is 0 Å². The van der Waals surface area contributed by atoms with Gasteiger partial charge in [-0.15, -0.1) is 11.3 Å². The van der Waals surface area contributed by atoms with E-state index in [1.807, 2.05) is 11.4 Å². The number of hydrogen-bond acceptors (Lipinski definition) is 2. The minimum absolute atomic E-state index is 0.0181. The molecular formula is C13H8F2OS. The Morgan fingerprint density at radius 1 is 1.24 bits per heavy atom. The van der Waals surface area contributed by atoms with E-state index in [1.54, 1.807) is 6.07 Å². The first-order chi connectivity index (χ1) is 8.16. The van der Waals surface area contributed by atoms with Gasteiger partial charge >= 0.3 is 0 Å². The van der Waals surface area contributed by atoms with Crippen LogP contribution in [0.2, 0.25) is 0 Å². The monoisotopic (exact) mass is 250 g/mol. The molecule has 17 heavy (non-hydrogen) atoms. The highest BCUT2D eigenvalue weighted by atomic mass is 32.1. The van der Waals surface area contributed by atoms with Crippen LogP contribution in [-0.4, -0.2) is 5.11 Å². The fraction of sp³-hybridized carbons (Fsp3) is 0.0769. The van der Waals surface area contributed by atoms with E-state index < -0.39 is 17.7 Å². The van der Waals surface area contributed by atoms with Crippen molar-refractivity contribution in [2.75, 3.05) is 0 Å². The summed E-state index contributed by atoms with van der Waals surface area (Å²) in [5.74, 6) is 3.77. The number of hydrogen-bond donors (Lipinski definition) is 1. The van der Waals surface area contributed by atoms with E-state index in [2.05, 4.69) is 11.8 Å². The maximum Gasteiger partial charge on any atom is 0.143 e. The predicted octanol–water partition coefficient (Wildman–Crippen LogP) is 3.11. The molecule has 1 atom stereocenters. The van der Waals surface area contributed by atoms with E-state index in [4.69, 9.17) is 0 Å². The normalized spacial score (nSPS) is 11.7. The maximum atomic E-state index is 13.3. The van der Waals surface area contributed by atoms with Crippen LogP contribution in [0.5, 0.6) is 0 Å². The third-order valence-corrected chi connectivity index (χ3v) is 2.90. The smallest absolute Gasteiger partial charge is 0.143 e. The highest BCUT2D eigenvalue weighted by molar-refractivity contribution is 7.10. The number of thiophene rings is 1. The standard InChI is InChI=1S/C13H8F2OS/c14-9-3-5-11(12(15)8-9)13(16)6-4-10-2-1-7-17-10/h1-3,5,7-8,13,16H. The summed E-state index contributed by atoms with van der Waals surface area (Å²) in [7, 11) is 0. The van der Waals surface area contributed by atoms with Gasteiger partial charge in [-0.2, -0.15) is 0 Å². The van der Waals surface area contributed by atoms with Gasteiger partial charge in [0.05, 0.1) is 4.88 Å². The van der Waals surface area contributed by atoms with Crippen LogP contribution >= 0.6 is 11.3 Å². The van der Waals surface area contributed by atoms with E-state index in [9.17, 15) is 13.9 Å². The van der Waals surface area contributed by atoms with Crippen molar-refractivity contribution in [3.63, 3.8) is 0 Å². The third kappa shape index (κ3) is 2.90. The molecule has 1 heterocycles. The Balaban J connectivity index is 2.23. The molecule has 4 heteroatoms. The van der Waals surface area contributed by atoms with Crippen LogP contribution in [0.25, 0.3) is 0 Å². The molecule has 2 rings (SSSR count). The molecule has 0 aliphatic carbocycles. The lowest BCUT2D eigenvalue weighted by Gasteiger charge is -2.04. The Hall–Kier alpha value is -1.70. The summed E-state index contributed by atoms with van der Waals surface area (Å²) in [6.45, 7) is 0. The Morgan fingerprint density at radius 2 is 2.06 bits per heavy atom. The van der Waals surface area contributed by atoms with Crippen molar-refractivity contribution in [2.24, 2.45) is 0 Å². The zero-order valence-corrected chi connectivity index (χ0v) is 9.47. The van der Waals surface area contributed by atoms with Gasteiger partial charge in [-0.3, -0.25) is 0 Å². The molecule has 1 N–H and O–H groups in total. The van der Waals surface area contributed by atoms with E-state index in [1.165, 1.54) is 17.4 Å². The largest absolute Gasteiger partial charge is 0.376 e. The zero-order valence-electron chi connectivity index (χ0n) is 8.65. The molecule has 0 bridgehead atoms. The third-order valence-electron chi connectivity index (χ3n) is 2.11. The summed E-state index contributed by atoms with van der Waals surface area (Å²) in [6.07, 6.45) is -1.25. The molecule has 0 spiro atoms. The van der Waals surface area contributed by atoms with Gasteiger partial charge in [0.1, 0.15) is 17.7 Å². The average molecular weight is 250 g/mol. The molecule has 0 saturated carbocycles. The minimum Gasteiger partial charge on any atom is -0.376 e. The van der Waals surface area contributed by atoms with E-state index in [-0.39, 0.29) is 5.56 Å². The molecule has 1 unspecified atom stereocenters. The highest BCUT2D eigenvalue weighted by Gasteiger charge is 2.10. The second kappa shape index (κ2) is 5.09. The summed E-state index contributed by atoms with van der Waals surface area (Å²) in [5, 5.41) is 11.5. The highest BCUT2D eigenvalue weighted by Crippen LogP contribution is 2.17. The van der Waals surface area contributed by atoms with Crippen LogP contribution in [0.3, 0.4) is 0 Å². The number of aliphatic hydroxyl groups excluding tert-OH is 1. The van der Waals surface area contributed by atoms with E-state index >= 15 is 0 Å². The van der Waals surface area contributed by atoms with Crippen molar-refractivity contribution in [3.05, 3.63) is 57.8 Å². The second-order valence-electron chi connectivity index (χ2n) is 3.32. The van der Waals surface area contributed by atoms with Crippen molar-refractivity contribution in [3.8, 4) is 11.8 Å². The molecule has 2 aromatic rings. The molecule has 0 fully saturated rings. The quantitative estimate of drug-likeness (QED) is 0.771. The molecular weight excluding hydrogens is 242 g/mol. The van der Waals surface area contributed by atoms with Crippen LogP contribution in [0.4, 0.5) is 8.78 Å². The van der Waals surface area contributed by atoms with Crippen molar-refractivity contribution < 1.29 is 13.9 Å². The maximum absolute atomic E-state index is 13.3. The molecule has 1 nitrogen and oxygen atoms in total. The molecule has 1 aromatic heterocycles. The topological polar surface area (TPSA) is 20.2 Å². The molecule has 86 valence electrons. The first-order valence-corrected chi connectivity index (χ1v) is 5.73. The Labute approximate surface area is 101 Å². The van der Waals surface area contributed by atoms with E-state index in [0.29, 0.717) is 0 Å². The minimum atomic E-state index is -1.25. The van der Waals surface area contributed by atoms with Gasteiger partial charge in [0.25, 0.3) is 0 Å². The van der Waals surface area contributed by atoms with Gasteiger partial charge in [-0.25, -0.2) is 8.78 Å².